The molecular formula is C11H17NO5S. The van der Waals surface area contributed by atoms with Gasteiger partial charge in [0.05, 0.1) is 13.4 Å². The van der Waals surface area contributed by atoms with Crippen molar-refractivity contribution in [2.24, 2.45) is 5.14 Å². The number of rotatable bonds is 3. The fourth-order valence-corrected chi connectivity index (χ4v) is 1.13. The second-order valence-electron chi connectivity index (χ2n) is 3.52. The third kappa shape index (κ3) is 6.87. The lowest BCUT2D eigenvalue weighted by atomic mass is 10.1. The van der Waals surface area contributed by atoms with E-state index in [2.05, 4.69) is 5.14 Å². The van der Waals surface area contributed by atoms with Gasteiger partial charge in [-0.05, 0) is 24.1 Å². The van der Waals surface area contributed by atoms with Crippen LogP contribution >= 0.6 is 0 Å². The maximum atomic E-state index is 10.7. The number of carbonyl (C=O) groups is 1. The van der Waals surface area contributed by atoms with Crippen molar-refractivity contribution in [2.45, 2.75) is 13.3 Å². The van der Waals surface area contributed by atoms with Gasteiger partial charge in [0.2, 0.25) is 10.0 Å². The predicted octanol–water partition coefficient (Wildman–Crippen LogP) is 0.861. The number of ether oxygens (including phenoxy) is 1. The van der Waals surface area contributed by atoms with Crippen molar-refractivity contribution in [2.75, 3.05) is 13.4 Å². The van der Waals surface area contributed by atoms with E-state index in [4.69, 9.17) is 9.84 Å². The molecule has 0 amide bonds. The molecule has 0 radical (unpaired) electrons. The lowest BCUT2D eigenvalue weighted by Gasteiger charge is -2.05. The number of hydrogen-bond donors (Lipinski definition) is 2. The van der Waals surface area contributed by atoms with Gasteiger partial charge in [0, 0.05) is 0 Å². The van der Waals surface area contributed by atoms with Crippen LogP contribution in [0.5, 0.6) is 5.75 Å². The molecule has 0 spiro atoms. The molecule has 0 aliphatic carbocycles. The third-order valence-corrected chi connectivity index (χ3v) is 1.90. The van der Waals surface area contributed by atoms with Gasteiger partial charge < -0.3 is 9.84 Å². The number of primary sulfonamides is 1. The van der Waals surface area contributed by atoms with Gasteiger partial charge in [-0.15, -0.1) is 0 Å². The Balaban J connectivity index is 0.000000494. The molecule has 0 aliphatic rings. The minimum absolute atomic E-state index is 0.208. The van der Waals surface area contributed by atoms with Crippen LogP contribution in [0.25, 0.3) is 0 Å². The zero-order valence-corrected chi connectivity index (χ0v) is 11.3. The summed E-state index contributed by atoms with van der Waals surface area (Å²) >= 11 is 0. The van der Waals surface area contributed by atoms with Gasteiger partial charge in [-0.3, -0.25) is 0 Å². The monoisotopic (exact) mass is 275 g/mol. The SMILES string of the molecule is CCc1ccc(C(=O)O)c(OC)c1.CS(N)(=O)=O. The highest BCUT2D eigenvalue weighted by Gasteiger charge is 2.10. The molecular weight excluding hydrogens is 258 g/mol. The van der Waals surface area contributed by atoms with Crippen molar-refractivity contribution in [1.82, 2.24) is 0 Å². The number of nitrogens with two attached hydrogens (primary N) is 1. The highest BCUT2D eigenvalue weighted by molar-refractivity contribution is 7.88. The molecule has 0 aliphatic heterocycles. The molecule has 0 atom stereocenters. The molecule has 0 saturated heterocycles. The van der Waals surface area contributed by atoms with Crippen molar-refractivity contribution in [3.8, 4) is 5.75 Å². The minimum atomic E-state index is -3.17. The van der Waals surface area contributed by atoms with Crippen molar-refractivity contribution < 1.29 is 23.1 Å². The van der Waals surface area contributed by atoms with Gasteiger partial charge in [-0.2, -0.15) is 0 Å². The Bertz CT molecular complexity index is 502. The molecule has 102 valence electrons. The fourth-order valence-electron chi connectivity index (χ4n) is 1.13. The van der Waals surface area contributed by atoms with Crippen LogP contribution in [0.15, 0.2) is 18.2 Å². The van der Waals surface area contributed by atoms with Crippen LogP contribution in [0.1, 0.15) is 22.8 Å². The predicted molar refractivity (Wildman–Crippen MR) is 68.4 cm³/mol. The average Bonchev–Trinajstić information content (AvgIpc) is 2.25. The number of benzene rings is 1. The molecule has 0 heterocycles. The summed E-state index contributed by atoms with van der Waals surface area (Å²) in [5, 5.41) is 13.1. The van der Waals surface area contributed by atoms with E-state index < -0.39 is 16.0 Å². The summed E-state index contributed by atoms with van der Waals surface area (Å²) in [4.78, 5) is 10.7. The van der Waals surface area contributed by atoms with Crippen LogP contribution < -0.4 is 9.88 Å². The summed E-state index contributed by atoms with van der Waals surface area (Å²) in [6, 6.07) is 5.12. The molecule has 1 aromatic rings. The van der Waals surface area contributed by atoms with Crippen molar-refractivity contribution in [3.63, 3.8) is 0 Å². The van der Waals surface area contributed by atoms with E-state index in [9.17, 15) is 13.2 Å². The summed E-state index contributed by atoms with van der Waals surface area (Å²) < 4.78 is 23.8. The Hall–Kier alpha value is -1.60. The van der Waals surface area contributed by atoms with Crippen LogP contribution in [0.3, 0.4) is 0 Å². The summed E-state index contributed by atoms with van der Waals surface area (Å²) in [7, 11) is -1.69. The number of hydrogen-bond acceptors (Lipinski definition) is 4. The van der Waals surface area contributed by atoms with Gasteiger partial charge in [0.25, 0.3) is 0 Å². The maximum Gasteiger partial charge on any atom is 0.339 e. The largest absolute Gasteiger partial charge is 0.496 e. The van der Waals surface area contributed by atoms with Gasteiger partial charge >= 0.3 is 5.97 Å². The third-order valence-electron chi connectivity index (χ3n) is 1.90. The number of sulfonamides is 1. The second-order valence-corrected chi connectivity index (χ2v) is 5.18. The van der Waals surface area contributed by atoms with Gasteiger partial charge in [-0.25, -0.2) is 18.4 Å². The van der Waals surface area contributed by atoms with Crippen LogP contribution in [0, 0.1) is 0 Å². The highest BCUT2D eigenvalue weighted by Crippen LogP contribution is 2.20. The van der Waals surface area contributed by atoms with Crippen molar-refractivity contribution in [3.05, 3.63) is 29.3 Å². The number of carboxylic acids is 1. The van der Waals surface area contributed by atoms with E-state index in [1.54, 1.807) is 18.2 Å². The van der Waals surface area contributed by atoms with Gasteiger partial charge in [0.1, 0.15) is 11.3 Å². The standard InChI is InChI=1S/C10H12O3.CH5NO2S/c1-3-7-4-5-8(10(11)12)9(6-7)13-2;1-5(2,3)4/h4-6H,3H2,1-2H3,(H,11,12);1H3,(H2,2,3,4). The Morgan fingerprint density at radius 2 is 1.94 bits per heavy atom. The zero-order chi connectivity index (χ0) is 14.3. The van der Waals surface area contributed by atoms with E-state index in [1.165, 1.54) is 7.11 Å². The lowest BCUT2D eigenvalue weighted by molar-refractivity contribution is 0.0693. The fraction of sp³-hybridized carbons (Fsp3) is 0.364. The number of aromatic carboxylic acids is 1. The molecule has 0 unspecified atom stereocenters. The van der Waals surface area contributed by atoms with Crippen LogP contribution in [-0.2, 0) is 16.4 Å². The molecule has 3 N–H and O–H groups in total. The molecule has 0 saturated carbocycles. The number of carboxylic acid groups (broad SMARTS) is 1. The number of aryl methyl sites for hydroxylation is 1. The Morgan fingerprint density at radius 1 is 1.44 bits per heavy atom. The summed E-state index contributed by atoms with van der Waals surface area (Å²) in [6.07, 6.45) is 1.81. The van der Waals surface area contributed by atoms with Crippen LogP contribution in [0.4, 0.5) is 0 Å². The first-order valence-electron chi connectivity index (χ1n) is 5.07. The van der Waals surface area contributed by atoms with E-state index in [0.29, 0.717) is 5.75 Å². The van der Waals surface area contributed by atoms with Crippen molar-refractivity contribution in [1.29, 1.82) is 0 Å². The molecule has 0 bridgehead atoms. The summed E-state index contributed by atoms with van der Waals surface area (Å²) in [5.74, 6) is -0.536. The van der Waals surface area contributed by atoms with E-state index >= 15 is 0 Å². The van der Waals surface area contributed by atoms with Crippen molar-refractivity contribution >= 4 is 16.0 Å². The first-order chi connectivity index (χ1) is 8.19. The molecule has 0 aromatic heterocycles. The molecule has 6 nitrogen and oxygen atoms in total. The average molecular weight is 275 g/mol. The maximum absolute atomic E-state index is 10.7. The van der Waals surface area contributed by atoms with Gasteiger partial charge in [0.15, 0.2) is 0 Å². The van der Waals surface area contributed by atoms with Crippen LogP contribution in [0.2, 0.25) is 0 Å². The Labute approximate surface area is 106 Å². The first kappa shape index (κ1) is 16.4. The summed E-state index contributed by atoms with van der Waals surface area (Å²) in [5.41, 5.74) is 1.28. The quantitative estimate of drug-likeness (QED) is 0.850. The molecule has 0 fully saturated rings. The molecule has 7 heteroatoms. The smallest absolute Gasteiger partial charge is 0.339 e. The highest BCUT2D eigenvalue weighted by atomic mass is 32.2. The van der Waals surface area contributed by atoms with E-state index in [-0.39, 0.29) is 5.56 Å². The normalized spacial score (nSPS) is 10.2. The topological polar surface area (TPSA) is 107 Å². The van der Waals surface area contributed by atoms with Crippen LogP contribution in [-0.4, -0.2) is 32.9 Å². The first-order valence-corrected chi connectivity index (χ1v) is 7.02. The minimum Gasteiger partial charge on any atom is -0.496 e. The molecule has 18 heavy (non-hydrogen) atoms. The van der Waals surface area contributed by atoms with Gasteiger partial charge in [-0.1, -0.05) is 13.0 Å². The second kappa shape index (κ2) is 6.97. The lowest BCUT2D eigenvalue weighted by Crippen LogP contribution is -2.07. The molecule has 1 aromatic carbocycles. The number of methoxy groups -OCH3 is 1. The van der Waals surface area contributed by atoms with E-state index in [0.717, 1.165) is 18.2 Å². The summed E-state index contributed by atoms with van der Waals surface area (Å²) in [6.45, 7) is 2.01. The Kier molecular flexibility index (Phi) is 6.35. The molecule has 1 rings (SSSR count). The zero-order valence-electron chi connectivity index (χ0n) is 10.5. The van der Waals surface area contributed by atoms with E-state index in [1.807, 2.05) is 6.92 Å². The Morgan fingerprint density at radius 3 is 2.28 bits per heavy atom.